The molecule has 20 heavy (non-hydrogen) atoms. The summed E-state index contributed by atoms with van der Waals surface area (Å²) < 4.78 is 0. The van der Waals surface area contributed by atoms with Crippen LogP contribution in [0.5, 0.6) is 0 Å². The van der Waals surface area contributed by atoms with Gasteiger partial charge >= 0.3 is 0 Å². The van der Waals surface area contributed by atoms with E-state index in [0.717, 1.165) is 24.5 Å². The van der Waals surface area contributed by atoms with Crippen LogP contribution in [0.2, 0.25) is 0 Å². The summed E-state index contributed by atoms with van der Waals surface area (Å²) in [6, 6.07) is 2.43. The maximum absolute atomic E-state index is 5.49. The van der Waals surface area contributed by atoms with Crippen LogP contribution in [0, 0.1) is 0 Å². The van der Waals surface area contributed by atoms with E-state index in [9.17, 15) is 0 Å². The maximum atomic E-state index is 5.49. The fraction of sp³-hybridized carbons (Fsp3) is 0.733. The molecule has 1 heterocycles. The molecule has 1 aliphatic rings. The number of anilines is 2. The van der Waals surface area contributed by atoms with Crippen molar-refractivity contribution in [2.24, 2.45) is 5.84 Å². The molecule has 1 saturated carbocycles. The van der Waals surface area contributed by atoms with E-state index in [1.54, 1.807) is 0 Å². The van der Waals surface area contributed by atoms with Crippen LogP contribution in [0.4, 0.5) is 11.6 Å². The van der Waals surface area contributed by atoms with Crippen molar-refractivity contribution in [2.75, 3.05) is 10.7 Å². The third-order valence-corrected chi connectivity index (χ3v) is 3.85. The second-order valence-electron chi connectivity index (χ2n) is 5.64. The number of rotatable bonds is 5. The van der Waals surface area contributed by atoms with Crippen LogP contribution < -0.4 is 16.6 Å². The zero-order chi connectivity index (χ0) is 14.2. The number of nitrogens with one attached hydrogen (secondary N) is 2. The van der Waals surface area contributed by atoms with Gasteiger partial charge in [-0.3, -0.25) is 0 Å². The van der Waals surface area contributed by atoms with Crippen molar-refractivity contribution in [3.8, 4) is 0 Å². The summed E-state index contributed by atoms with van der Waals surface area (Å²) in [7, 11) is 0. The van der Waals surface area contributed by atoms with Crippen molar-refractivity contribution >= 4 is 11.6 Å². The van der Waals surface area contributed by atoms with Gasteiger partial charge in [0.1, 0.15) is 17.5 Å². The maximum Gasteiger partial charge on any atom is 0.145 e. The zero-order valence-electron chi connectivity index (χ0n) is 12.5. The molecule has 112 valence electrons. The Morgan fingerprint density at radius 1 is 1.10 bits per heavy atom. The highest BCUT2D eigenvalue weighted by Gasteiger charge is 2.13. The number of hydrogen-bond donors (Lipinski definition) is 3. The standard InChI is InChI=1S/C15H27N5/c1-2-8-13-18-14(11-15(19-13)20-16)17-12-9-6-4-3-5-7-10-12/h11-12H,2-10,16H2,1H3,(H2,17,18,19,20). The second kappa shape index (κ2) is 8.04. The number of aromatic nitrogens is 2. The Morgan fingerprint density at radius 2 is 1.75 bits per heavy atom. The minimum absolute atomic E-state index is 0.533. The molecular weight excluding hydrogens is 250 g/mol. The van der Waals surface area contributed by atoms with Crippen molar-refractivity contribution in [1.82, 2.24) is 9.97 Å². The Balaban J connectivity index is 2.04. The van der Waals surface area contributed by atoms with Crippen LogP contribution >= 0.6 is 0 Å². The molecule has 0 atom stereocenters. The van der Waals surface area contributed by atoms with Crippen molar-refractivity contribution in [3.05, 3.63) is 11.9 Å². The van der Waals surface area contributed by atoms with Crippen LogP contribution in [0.1, 0.15) is 64.1 Å². The predicted molar refractivity (Wildman–Crippen MR) is 83.6 cm³/mol. The van der Waals surface area contributed by atoms with Crippen LogP contribution in [-0.2, 0) is 6.42 Å². The third-order valence-electron chi connectivity index (χ3n) is 3.85. The Bertz CT molecular complexity index is 399. The summed E-state index contributed by atoms with van der Waals surface area (Å²) >= 11 is 0. The van der Waals surface area contributed by atoms with Gasteiger partial charge in [-0.25, -0.2) is 15.8 Å². The molecular formula is C15H27N5. The van der Waals surface area contributed by atoms with Crippen LogP contribution in [0.3, 0.4) is 0 Å². The van der Waals surface area contributed by atoms with E-state index in [0.29, 0.717) is 11.9 Å². The molecule has 1 aliphatic carbocycles. The average molecular weight is 277 g/mol. The normalized spacial score (nSPS) is 17.3. The first kappa shape index (κ1) is 15.0. The molecule has 2 rings (SSSR count). The summed E-state index contributed by atoms with van der Waals surface area (Å²) in [5.74, 6) is 7.95. The molecule has 5 nitrogen and oxygen atoms in total. The number of nitrogens with two attached hydrogens (primary N) is 1. The van der Waals surface area contributed by atoms with Crippen LogP contribution in [-0.4, -0.2) is 16.0 Å². The highest BCUT2D eigenvalue weighted by Crippen LogP contribution is 2.21. The molecule has 1 fully saturated rings. The predicted octanol–water partition coefficient (Wildman–Crippen LogP) is 3.24. The number of aryl methyl sites for hydroxylation is 1. The number of hydrazine groups is 1. The van der Waals surface area contributed by atoms with Gasteiger partial charge in [0.15, 0.2) is 0 Å². The van der Waals surface area contributed by atoms with Gasteiger partial charge in [-0.1, -0.05) is 39.0 Å². The van der Waals surface area contributed by atoms with Gasteiger partial charge < -0.3 is 10.7 Å². The van der Waals surface area contributed by atoms with Crippen molar-refractivity contribution < 1.29 is 0 Å². The summed E-state index contributed by atoms with van der Waals surface area (Å²) in [5.41, 5.74) is 2.63. The van der Waals surface area contributed by atoms with E-state index in [1.165, 1.54) is 44.9 Å². The highest BCUT2D eigenvalue weighted by molar-refractivity contribution is 5.47. The SMILES string of the molecule is CCCc1nc(NN)cc(NC2CCCCCCC2)n1. The zero-order valence-corrected chi connectivity index (χ0v) is 12.5. The van der Waals surface area contributed by atoms with E-state index in [4.69, 9.17) is 5.84 Å². The Kier molecular flexibility index (Phi) is 6.05. The highest BCUT2D eigenvalue weighted by atomic mass is 15.3. The topological polar surface area (TPSA) is 75.9 Å². The van der Waals surface area contributed by atoms with E-state index >= 15 is 0 Å². The monoisotopic (exact) mass is 277 g/mol. The lowest BCUT2D eigenvalue weighted by Crippen LogP contribution is -2.22. The first-order chi connectivity index (χ1) is 9.81. The fourth-order valence-corrected chi connectivity index (χ4v) is 2.79. The average Bonchev–Trinajstić information content (AvgIpc) is 2.42. The van der Waals surface area contributed by atoms with Crippen molar-refractivity contribution in [3.63, 3.8) is 0 Å². The lowest BCUT2D eigenvalue weighted by atomic mass is 9.97. The third kappa shape index (κ3) is 4.63. The van der Waals surface area contributed by atoms with E-state index in [2.05, 4.69) is 27.6 Å². The quantitative estimate of drug-likeness (QED) is 0.569. The van der Waals surface area contributed by atoms with Crippen LogP contribution in [0.25, 0.3) is 0 Å². The van der Waals surface area contributed by atoms with Gasteiger partial charge in [-0.2, -0.15) is 0 Å². The lowest BCUT2D eigenvalue weighted by molar-refractivity contribution is 0.470. The molecule has 0 aromatic carbocycles. The molecule has 0 amide bonds. The van der Waals surface area contributed by atoms with E-state index in [-0.39, 0.29) is 0 Å². The lowest BCUT2D eigenvalue weighted by Gasteiger charge is -2.22. The molecule has 1 aromatic rings. The Labute approximate surface area is 121 Å². The van der Waals surface area contributed by atoms with E-state index in [1.807, 2.05) is 6.07 Å². The van der Waals surface area contributed by atoms with Gasteiger partial charge in [0.25, 0.3) is 0 Å². The molecule has 0 saturated heterocycles. The second-order valence-corrected chi connectivity index (χ2v) is 5.64. The van der Waals surface area contributed by atoms with Crippen LogP contribution in [0.15, 0.2) is 6.07 Å². The fourth-order valence-electron chi connectivity index (χ4n) is 2.79. The number of hydrogen-bond acceptors (Lipinski definition) is 5. The molecule has 0 radical (unpaired) electrons. The van der Waals surface area contributed by atoms with Crippen molar-refractivity contribution in [1.29, 1.82) is 0 Å². The summed E-state index contributed by atoms with van der Waals surface area (Å²) in [6.07, 6.45) is 11.1. The first-order valence-corrected chi connectivity index (χ1v) is 7.93. The summed E-state index contributed by atoms with van der Waals surface area (Å²) in [6.45, 7) is 2.13. The number of nitrogen functional groups attached to an aromatic ring is 1. The van der Waals surface area contributed by atoms with Gasteiger partial charge in [-0.05, 0) is 19.3 Å². The molecule has 5 heteroatoms. The minimum Gasteiger partial charge on any atom is -0.367 e. The van der Waals surface area contributed by atoms with Gasteiger partial charge in [0.05, 0.1) is 0 Å². The summed E-state index contributed by atoms with van der Waals surface area (Å²) in [5, 5.41) is 3.58. The van der Waals surface area contributed by atoms with Gasteiger partial charge in [0.2, 0.25) is 0 Å². The van der Waals surface area contributed by atoms with E-state index < -0.39 is 0 Å². The first-order valence-electron chi connectivity index (χ1n) is 7.93. The molecule has 0 spiro atoms. The molecule has 1 aromatic heterocycles. The summed E-state index contributed by atoms with van der Waals surface area (Å²) in [4.78, 5) is 8.98. The smallest absolute Gasteiger partial charge is 0.145 e. The number of nitrogens with zero attached hydrogens (tertiary/aromatic N) is 2. The molecule has 0 bridgehead atoms. The molecule has 4 N–H and O–H groups in total. The van der Waals surface area contributed by atoms with Crippen molar-refractivity contribution in [2.45, 2.75) is 70.8 Å². The Morgan fingerprint density at radius 3 is 2.40 bits per heavy atom. The van der Waals surface area contributed by atoms with Gasteiger partial charge in [-0.15, -0.1) is 0 Å². The molecule has 0 aliphatic heterocycles. The molecule has 0 unspecified atom stereocenters. The van der Waals surface area contributed by atoms with Gasteiger partial charge in [0, 0.05) is 18.5 Å². The minimum atomic E-state index is 0.533. The largest absolute Gasteiger partial charge is 0.367 e. The Hall–Kier alpha value is -1.36.